The number of hydrogen-bond donors (Lipinski definition) is 2. The van der Waals surface area contributed by atoms with Crippen LogP contribution in [0, 0.1) is 0 Å². The Balaban J connectivity index is 1.43. The molecule has 0 radical (unpaired) electrons. The Morgan fingerprint density at radius 1 is 1.22 bits per heavy atom. The molecular weight excluding hydrogens is 370 g/mol. The van der Waals surface area contributed by atoms with Gasteiger partial charge in [0.25, 0.3) is 10.0 Å². The highest BCUT2D eigenvalue weighted by molar-refractivity contribution is 7.90. The van der Waals surface area contributed by atoms with Crippen molar-refractivity contribution in [2.24, 2.45) is 4.99 Å². The molecule has 3 rings (SSSR count). The van der Waals surface area contributed by atoms with E-state index in [0.29, 0.717) is 43.8 Å². The minimum atomic E-state index is -3.51. The third-order valence-corrected chi connectivity index (χ3v) is 6.24. The highest BCUT2D eigenvalue weighted by Gasteiger charge is 2.33. The van der Waals surface area contributed by atoms with Crippen LogP contribution in [-0.4, -0.2) is 55.3 Å². The summed E-state index contributed by atoms with van der Waals surface area (Å²) in [5.41, 5.74) is 0.585. The van der Waals surface area contributed by atoms with Gasteiger partial charge < -0.3 is 10.0 Å². The fourth-order valence-corrected chi connectivity index (χ4v) is 4.72. The van der Waals surface area contributed by atoms with Crippen LogP contribution in [0.5, 0.6) is 0 Å². The van der Waals surface area contributed by atoms with E-state index in [4.69, 9.17) is 5.11 Å². The lowest BCUT2D eigenvalue weighted by Crippen LogP contribution is -2.40. The van der Waals surface area contributed by atoms with E-state index in [-0.39, 0.29) is 10.8 Å². The van der Waals surface area contributed by atoms with Crippen LogP contribution >= 0.6 is 0 Å². The van der Waals surface area contributed by atoms with Gasteiger partial charge in [-0.15, -0.1) is 0 Å². The van der Waals surface area contributed by atoms with Crippen LogP contribution in [0.4, 0.5) is 0 Å². The summed E-state index contributed by atoms with van der Waals surface area (Å²) >= 11 is 0. The standard InChI is InChI=1S/C18H23N3O5S/c22-16(21-12-6-8-14(21)18(23)24)10-2-1-5-11-19-17-13-7-3-4-9-15(13)27(25,26)20-17/h3-4,7,9,14H,1-2,5-6,8,10-12H2,(H,19,20)(H,23,24)/t14-/m1/s1. The quantitative estimate of drug-likeness (QED) is 0.679. The number of aliphatic carboxylic acids is 1. The number of amides is 1. The van der Waals surface area contributed by atoms with Crippen molar-refractivity contribution in [3.05, 3.63) is 29.8 Å². The summed E-state index contributed by atoms with van der Waals surface area (Å²) in [4.78, 5) is 29.4. The Kier molecular flexibility index (Phi) is 5.79. The van der Waals surface area contributed by atoms with Gasteiger partial charge in [0, 0.05) is 25.1 Å². The first kappa shape index (κ1) is 19.3. The molecule has 0 spiro atoms. The fraction of sp³-hybridized carbons (Fsp3) is 0.500. The minimum Gasteiger partial charge on any atom is -0.480 e. The number of sulfonamides is 1. The Morgan fingerprint density at radius 2 is 2.00 bits per heavy atom. The highest BCUT2D eigenvalue weighted by atomic mass is 32.2. The second-order valence-corrected chi connectivity index (χ2v) is 8.38. The molecule has 9 heteroatoms. The zero-order chi connectivity index (χ0) is 19.4. The fourth-order valence-electron chi connectivity index (χ4n) is 3.47. The van der Waals surface area contributed by atoms with Crippen LogP contribution in [0.25, 0.3) is 0 Å². The number of fused-ring (bicyclic) bond motifs is 1. The molecule has 2 aliphatic heterocycles. The number of carbonyl (C=O) groups excluding carboxylic acids is 1. The molecule has 0 aromatic heterocycles. The van der Waals surface area contributed by atoms with Crippen LogP contribution in [-0.2, 0) is 19.6 Å². The van der Waals surface area contributed by atoms with Gasteiger partial charge in [0.15, 0.2) is 0 Å². The second-order valence-electron chi connectivity index (χ2n) is 6.73. The minimum absolute atomic E-state index is 0.108. The predicted octanol–water partition coefficient (Wildman–Crippen LogP) is 1.36. The second kappa shape index (κ2) is 8.08. The molecule has 146 valence electrons. The summed E-state index contributed by atoms with van der Waals surface area (Å²) in [5, 5.41) is 9.13. The summed E-state index contributed by atoms with van der Waals surface area (Å²) < 4.78 is 26.5. The van der Waals surface area contributed by atoms with E-state index in [1.165, 1.54) is 4.90 Å². The van der Waals surface area contributed by atoms with Crippen molar-refractivity contribution in [3.8, 4) is 0 Å². The maximum atomic E-state index is 12.2. The van der Waals surface area contributed by atoms with E-state index in [9.17, 15) is 18.0 Å². The third-order valence-electron chi connectivity index (χ3n) is 4.84. The predicted molar refractivity (Wildman–Crippen MR) is 99.0 cm³/mol. The van der Waals surface area contributed by atoms with Gasteiger partial charge in [-0.05, 0) is 37.8 Å². The number of carboxylic acids is 1. The lowest BCUT2D eigenvalue weighted by atomic mass is 10.1. The third kappa shape index (κ3) is 4.29. The lowest BCUT2D eigenvalue weighted by Gasteiger charge is -2.21. The number of nitrogens with zero attached hydrogens (tertiary/aromatic N) is 2. The largest absolute Gasteiger partial charge is 0.480 e. The number of rotatable bonds is 7. The van der Waals surface area contributed by atoms with Crippen LogP contribution < -0.4 is 4.72 Å². The summed E-state index contributed by atoms with van der Waals surface area (Å²) in [6, 6.07) is 6.03. The molecule has 1 amide bonds. The normalized spacial score (nSPS) is 21.9. The maximum Gasteiger partial charge on any atom is 0.326 e. The number of carbonyl (C=O) groups is 2. The van der Waals surface area contributed by atoms with Crippen molar-refractivity contribution in [1.82, 2.24) is 9.62 Å². The molecule has 2 N–H and O–H groups in total. The van der Waals surface area contributed by atoms with E-state index in [0.717, 1.165) is 19.3 Å². The van der Waals surface area contributed by atoms with E-state index in [1.54, 1.807) is 24.3 Å². The van der Waals surface area contributed by atoms with Crippen molar-refractivity contribution >= 4 is 27.7 Å². The topological polar surface area (TPSA) is 116 Å². The number of nitrogens with one attached hydrogen (secondary N) is 1. The first-order chi connectivity index (χ1) is 12.9. The molecule has 1 aromatic rings. The maximum absolute atomic E-state index is 12.2. The molecule has 1 saturated heterocycles. The SMILES string of the molecule is O=C(O)[C@H]1CCCN1C(=O)CCCCCN=C1NS(=O)(=O)c2ccccc21. The Morgan fingerprint density at radius 3 is 2.78 bits per heavy atom. The molecule has 1 aromatic carbocycles. The monoisotopic (exact) mass is 393 g/mol. The summed E-state index contributed by atoms with van der Waals surface area (Å²) in [6.07, 6.45) is 3.74. The molecule has 0 aliphatic carbocycles. The van der Waals surface area contributed by atoms with Gasteiger partial charge >= 0.3 is 5.97 Å². The average molecular weight is 393 g/mol. The molecule has 2 heterocycles. The van der Waals surface area contributed by atoms with Crippen LogP contribution in [0.1, 0.15) is 44.1 Å². The first-order valence-electron chi connectivity index (χ1n) is 9.09. The van der Waals surface area contributed by atoms with Gasteiger partial charge in [0.1, 0.15) is 11.9 Å². The smallest absolute Gasteiger partial charge is 0.326 e. The van der Waals surface area contributed by atoms with Crippen molar-refractivity contribution in [2.45, 2.75) is 49.5 Å². The molecule has 8 nitrogen and oxygen atoms in total. The number of aliphatic imine (C=N–C) groups is 1. The van der Waals surface area contributed by atoms with E-state index >= 15 is 0 Å². The van der Waals surface area contributed by atoms with Crippen LogP contribution in [0.3, 0.4) is 0 Å². The molecule has 0 unspecified atom stereocenters. The van der Waals surface area contributed by atoms with Gasteiger partial charge in [0.05, 0.1) is 4.90 Å². The zero-order valence-electron chi connectivity index (χ0n) is 14.9. The highest BCUT2D eigenvalue weighted by Crippen LogP contribution is 2.22. The van der Waals surface area contributed by atoms with Gasteiger partial charge in [0.2, 0.25) is 5.91 Å². The number of amidine groups is 1. The van der Waals surface area contributed by atoms with E-state index < -0.39 is 22.0 Å². The number of benzene rings is 1. The van der Waals surface area contributed by atoms with Gasteiger partial charge in [-0.2, -0.15) is 0 Å². The van der Waals surface area contributed by atoms with E-state index in [1.807, 2.05) is 0 Å². The number of unbranched alkanes of at least 4 members (excludes halogenated alkanes) is 2. The lowest BCUT2D eigenvalue weighted by molar-refractivity contribution is -0.148. The summed E-state index contributed by atoms with van der Waals surface area (Å²) in [5.74, 6) is -0.678. The number of hydrogen-bond acceptors (Lipinski definition) is 5. The van der Waals surface area contributed by atoms with Crippen molar-refractivity contribution in [2.75, 3.05) is 13.1 Å². The van der Waals surface area contributed by atoms with Crippen LogP contribution in [0.2, 0.25) is 0 Å². The molecular formula is C18H23N3O5S. The zero-order valence-corrected chi connectivity index (χ0v) is 15.7. The molecule has 1 fully saturated rings. The molecule has 2 aliphatic rings. The summed E-state index contributed by atoms with van der Waals surface area (Å²) in [7, 11) is -3.51. The van der Waals surface area contributed by atoms with Crippen molar-refractivity contribution < 1.29 is 23.1 Å². The molecule has 0 bridgehead atoms. The molecule has 0 saturated carbocycles. The van der Waals surface area contributed by atoms with E-state index in [2.05, 4.69) is 9.71 Å². The van der Waals surface area contributed by atoms with Gasteiger partial charge in [-0.25, -0.2) is 13.2 Å². The summed E-state index contributed by atoms with van der Waals surface area (Å²) in [6.45, 7) is 0.977. The van der Waals surface area contributed by atoms with Crippen LogP contribution in [0.15, 0.2) is 34.2 Å². The van der Waals surface area contributed by atoms with Crippen molar-refractivity contribution in [1.29, 1.82) is 0 Å². The van der Waals surface area contributed by atoms with Gasteiger partial charge in [-0.1, -0.05) is 18.6 Å². The number of carboxylic acid groups (broad SMARTS) is 1. The first-order valence-corrected chi connectivity index (χ1v) is 10.6. The van der Waals surface area contributed by atoms with Crippen molar-refractivity contribution in [3.63, 3.8) is 0 Å². The Hall–Kier alpha value is -2.42. The average Bonchev–Trinajstić information content (AvgIpc) is 3.22. The Bertz CT molecular complexity index is 866. The number of likely N-dealkylation sites (tertiary alicyclic amines) is 1. The molecule has 1 atom stereocenters. The Labute approximate surface area is 158 Å². The van der Waals surface area contributed by atoms with Gasteiger partial charge in [-0.3, -0.25) is 14.5 Å². The molecule has 27 heavy (non-hydrogen) atoms.